The predicted octanol–water partition coefficient (Wildman–Crippen LogP) is 2.79. The molecule has 1 aliphatic carbocycles. The molecule has 0 radical (unpaired) electrons. The highest BCUT2D eigenvalue weighted by molar-refractivity contribution is 5.40. The summed E-state index contributed by atoms with van der Waals surface area (Å²) >= 11 is 0. The van der Waals surface area contributed by atoms with E-state index in [1.54, 1.807) is 0 Å². The number of benzene rings is 2. The standard InChI is InChI=1S/C17H20N2/c18-19-16(10-13-6-2-1-3-7-13)12-15-11-14-8-4-5-9-17(14)15/h1-9,15-16,19H,10-12,18H2. The summed E-state index contributed by atoms with van der Waals surface area (Å²) < 4.78 is 0. The van der Waals surface area contributed by atoms with E-state index in [1.165, 1.54) is 23.1 Å². The fraction of sp³-hybridized carbons (Fsp3) is 0.294. The van der Waals surface area contributed by atoms with E-state index in [2.05, 4.69) is 60.0 Å². The molecule has 2 heteroatoms. The third-order valence-corrected chi connectivity index (χ3v) is 4.09. The SMILES string of the molecule is NNC(Cc1ccccc1)CC1Cc2ccccc21. The normalized spacial score (nSPS) is 18.5. The molecular weight excluding hydrogens is 232 g/mol. The highest BCUT2D eigenvalue weighted by atomic mass is 15.2. The maximum atomic E-state index is 5.72. The first kappa shape index (κ1) is 12.4. The van der Waals surface area contributed by atoms with Gasteiger partial charge in [0.1, 0.15) is 0 Å². The van der Waals surface area contributed by atoms with Crippen LogP contribution < -0.4 is 11.3 Å². The summed E-state index contributed by atoms with van der Waals surface area (Å²) in [5.41, 5.74) is 7.34. The van der Waals surface area contributed by atoms with Crippen LogP contribution in [0.25, 0.3) is 0 Å². The Labute approximate surface area is 114 Å². The lowest BCUT2D eigenvalue weighted by atomic mass is 9.74. The number of rotatable bonds is 5. The van der Waals surface area contributed by atoms with Crippen molar-refractivity contribution < 1.29 is 0 Å². The van der Waals surface area contributed by atoms with Gasteiger partial charge in [-0.2, -0.15) is 0 Å². The van der Waals surface area contributed by atoms with Crippen LogP contribution in [0.5, 0.6) is 0 Å². The summed E-state index contributed by atoms with van der Waals surface area (Å²) in [6.07, 6.45) is 3.31. The van der Waals surface area contributed by atoms with Gasteiger partial charge in [-0.1, -0.05) is 54.6 Å². The Bertz CT molecular complexity index is 536. The first-order chi connectivity index (χ1) is 9.36. The fourth-order valence-corrected chi connectivity index (χ4v) is 3.03. The Morgan fingerprint density at radius 3 is 2.53 bits per heavy atom. The molecule has 2 nitrogen and oxygen atoms in total. The number of fused-ring (bicyclic) bond motifs is 1. The largest absolute Gasteiger partial charge is 0.271 e. The molecule has 3 N–H and O–H groups in total. The Hall–Kier alpha value is -1.64. The van der Waals surface area contributed by atoms with Crippen LogP contribution in [0.2, 0.25) is 0 Å². The van der Waals surface area contributed by atoms with Crippen molar-refractivity contribution in [2.45, 2.75) is 31.2 Å². The third-order valence-electron chi connectivity index (χ3n) is 4.09. The van der Waals surface area contributed by atoms with Crippen molar-refractivity contribution in [2.24, 2.45) is 5.84 Å². The molecule has 2 aromatic rings. The zero-order chi connectivity index (χ0) is 13.1. The van der Waals surface area contributed by atoms with E-state index in [9.17, 15) is 0 Å². The molecule has 2 aromatic carbocycles. The van der Waals surface area contributed by atoms with Crippen LogP contribution in [0.3, 0.4) is 0 Å². The Morgan fingerprint density at radius 2 is 1.79 bits per heavy atom. The molecule has 19 heavy (non-hydrogen) atoms. The van der Waals surface area contributed by atoms with Gasteiger partial charge in [0.05, 0.1) is 0 Å². The van der Waals surface area contributed by atoms with Crippen molar-refractivity contribution >= 4 is 0 Å². The Balaban J connectivity index is 1.63. The topological polar surface area (TPSA) is 38.0 Å². The zero-order valence-corrected chi connectivity index (χ0v) is 11.0. The molecule has 98 valence electrons. The molecular formula is C17H20N2. The van der Waals surface area contributed by atoms with E-state index >= 15 is 0 Å². The predicted molar refractivity (Wildman–Crippen MR) is 78.8 cm³/mol. The molecule has 0 saturated heterocycles. The van der Waals surface area contributed by atoms with Crippen LogP contribution >= 0.6 is 0 Å². The van der Waals surface area contributed by atoms with Crippen LogP contribution in [0.4, 0.5) is 0 Å². The van der Waals surface area contributed by atoms with Gasteiger partial charge in [-0.25, -0.2) is 0 Å². The van der Waals surface area contributed by atoms with Crippen LogP contribution in [-0.2, 0) is 12.8 Å². The fourth-order valence-electron chi connectivity index (χ4n) is 3.03. The number of nitrogens with two attached hydrogens (primary N) is 1. The average molecular weight is 252 g/mol. The number of hydrogen-bond donors (Lipinski definition) is 2. The first-order valence-electron chi connectivity index (χ1n) is 6.94. The summed E-state index contributed by atoms with van der Waals surface area (Å²) in [4.78, 5) is 0. The van der Waals surface area contributed by atoms with Crippen LogP contribution in [0.1, 0.15) is 29.0 Å². The molecule has 0 fully saturated rings. The molecule has 0 bridgehead atoms. The lowest BCUT2D eigenvalue weighted by Crippen LogP contribution is -2.39. The molecule has 2 unspecified atom stereocenters. The maximum Gasteiger partial charge on any atom is 0.0256 e. The molecule has 0 heterocycles. The van der Waals surface area contributed by atoms with Gasteiger partial charge in [0.25, 0.3) is 0 Å². The molecule has 0 aromatic heterocycles. The minimum absolute atomic E-state index is 0.348. The van der Waals surface area contributed by atoms with Crippen LogP contribution in [-0.4, -0.2) is 6.04 Å². The summed E-state index contributed by atoms with van der Waals surface area (Å²) in [5.74, 6) is 6.39. The minimum Gasteiger partial charge on any atom is -0.271 e. The van der Waals surface area contributed by atoms with E-state index in [-0.39, 0.29) is 0 Å². The van der Waals surface area contributed by atoms with Gasteiger partial charge >= 0.3 is 0 Å². The number of hydrazine groups is 1. The van der Waals surface area contributed by atoms with Gasteiger partial charge in [0.15, 0.2) is 0 Å². The number of hydrogen-bond acceptors (Lipinski definition) is 2. The highest BCUT2D eigenvalue weighted by Gasteiger charge is 2.27. The van der Waals surface area contributed by atoms with E-state index in [1.807, 2.05) is 0 Å². The van der Waals surface area contributed by atoms with Gasteiger partial charge < -0.3 is 0 Å². The van der Waals surface area contributed by atoms with Crippen LogP contribution in [0.15, 0.2) is 54.6 Å². The van der Waals surface area contributed by atoms with E-state index in [0.717, 1.165) is 12.8 Å². The van der Waals surface area contributed by atoms with Crippen molar-refractivity contribution in [3.05, 3.63) is 71.3 Å². The van der Waals surface area contributed by atoms with Crippen molar-refractivity contribution in [1.29, 1.82) is 0 Å². The second-order valence-electron chi connectivity index (χ2n) is 5.39. The monoisotopic (exact) mass is 252 g/mol. The van der Waals surface area contributed by atoms with Gasteiger partial charge in [-0.05, 0) is 41.9 Å². The second-order valence-corrected chi connectivity index (χ2v) is 5.39. The average Bonchev–Trinajstić information content (AvgIpc) is 2.44. The molecule has 1 aliphatic rings. The van der Waals surface area contributed by atoms with Crippen LogP contribution in [0, 0.1) is 0 Å². The first-order valence-corrected chi connectivity index (χ1v) is 6.94. The summed E-state index contributed by atoms with van der Waals surface area (Å²) in [5, 5.41) is 0. The quantitative estimate of drug-likeness (QED) is 0.634. The maximum absolute atomic E-state index is 5.72. The van der Waals surface area contributed by atoms with Crippen molar-refractivity contribution in [3.8, 4) is 0 Å². The smallest absolute Gasteiger partial charge is 0.0256 e. The molecule has 3 rings (SSSR count). The molecule has 0 spiro atoms. The van der Waals surface area contributed by atoms with Crippen molar-refractivity contribution in [1.82, 2.24) is 5.43 Å². The summed E-state index contributed by atoms with van der Waals surface area (Å²) in [7, 11) is 0. The molecule has 0 saturated carbocycles. The van der Waals surface area contributed by atoms with Gasteiger partial charge in [0.2, 0.25) is 0 Å². The van der Waals surface area contributed by atoms with Gasteiger partial charge in [-0.3, -0.25) is 11.3 Å². The minimum atomic E-state index is 0.348. The second kappa shape index (κ2) is 5.55. The molecule has 0 amide bonds. The van der Waals surface area contributed by atoms with Crippen molar-refractivity contribution in [2.75, 3.05) is 0 Å². The lowest BCUT2D eigenvalue weighted by Gasteiger charge is -2.33. The van der Waals surface area contributed by atoms with E-state index in [0.29, 0.717) is 12.0 Å². The third kappa shape index (κ3) is 2.70. The van der Waals surface area contributed by atoms with Gasteiger partial charge in [-0.15, -0.1) is 0 Å². The lowest BCUT2D eigenvalue weighted by molar-refractivity contribution is 0.422. The van der Waals surface area contributed by atoms with Crippen molar-refractivity contribution in [3.63, 3.8) is 0 Å². The Morgan fingerprint density at radius 1 is 1.05 bits per heavy atom. The van der Waals surface area contributed by atoms with Gasteiger partial charge in [0, 0.05) is 6.04 Å². The van der Waals surface area contributed by atoms with E-state index < -0.39 is 0 Å². The summed E-state index contributed by atoms with van der Waals surface area (Å²) in [6, 6.07) is 19.6. The molecule has 0 aliphatic heterocycles. The van der Waals surface area contributed by atoms with E-state index in [4.69, 9.17) is 5.84 Å². The summed E-state index contributed by atoms with van der Waals surface area (Å²) in [6.45, 7) is 0. The zero-order valence-electron chi connectivity index (χ0n) is 11.0. The molecule has 2 atom stereocenters. The highest BCUT2D eigenvalue weighted by Crippen LogP contribution is 2.38. The number of nitrogens with one attached hydrogen (secondary N) is 1. The Kier molecular flexibility index (Phi) is 3.62.